The lowest BCUT2D eigenvalue weighted by molar-refractivity contribution is -0.148. The van der Waals surface area contributed by atoms with E-state index >= 15 is 0 Å². The molecule has 1 aromatic carbocycles. The third-order valence-corrected chi connectivity index (χ3v) is 4.50. The molecule has 0 saturated heterocycles. The Labute approximate surface area is 157 Å². The minimum atomic E-state index is -0.641. The number of esters is 1. The molecule has 0 saturated carbocycles. The summed E-state index contributed by atoms with van der Waals surface area (Å²) in [5.41, 5.74) is 2.13. The van der Waals surface area contributed by atoms with E-state index in [9.17, 15) is 9.59 Å². The van der Waals surface area contributed by atoms with Crippen LogP contribution in [-0.4, -0.2) is 38.7 Å². The molecular weight excluding hydrogens is 378 g/mol. The molecule has 1 N–H and O–H groups in total. The molecule has 8 nitrogen and oxygen atoms in total. The lowest BCUT2D eigenvalue weighted by Crippen LogP contribution is -2.24. The zero-order chi connectivity index (χ0) is 18.5. The summed E-state index contributed by atoms with van der Waals surface area (Å²) in [7, 11) is 0. The molecule has 0 radical (unpaired) electrons. The maximum atomic E-state index is 11.9. The van der Waals surface area contributed by atoms with Gasteiger partial charge < -0.3 is 10.1 Å². The highest BCUT2D eigenvalue weighted by atomic mass is 35.5. The van der Waals surface area contributed by atoms with E-state index in [0.29, 0.717) is 16.5 Å². The molecule has 2 heterocycles. The van der Waals surface area contributed by atoms with Gasteiger partial charge in [0.05, 0.1) is 0 Å². The quantitative estimate of drug-likeness (QED) is 0.648. The van der Waals surface area contributed by atoms with E-state index in [1.807, 2.05) is 16.8 Å². The number of tetrazole rings is 1. The highest BCUT2D eigenvalue weighted by Crippen LogP contribution is 2.22. The molecule has 3 rings (SSSR count). The average molecular weight is 392 g/mol. The summed E-state index contributed by atoms with van der Waals surface area (Å²) in [6.07, 6.45) is 0. The smallest absolute Gasteiger partial charge is 0.330 e. The molecule has 26 heavy (non-hydrogen) atoms. The van der Waals surface area contributed by atoms with Crippen molar-refractivity contribution < 1.29 is 14.3 Å². The number of carbonyl (C=O) groups excluding carboxylic acids is 2. The van der Waals surface area contributed by atoms with Gasteiger partial charge in [0.2, 0.25) is 5.82 Å². The standard InChI is InChI=1S/C16H14ClN5O3S/c1-10-12(17)3-2-4-13(10)18-14(23)8-25-15(24)7-22-20-16(19-21-22)11-5-6-26-9-11/h2-6,9H,7-8H2,1H3,(H,18,23). The maximum absolute atomic E-state index is 11.9. The van der Waals surface area contributed by atoms with Crippen LogP contribution in [0.25, 0.3) is 11.4 Å². The van der Waals surface area contributed by atoms with Gasteiger partial charge in [-0.1, -0.05) is 17.7 Å². The fraction of sp³-hybridized carbons (Fsp3) is 0.188. The Hall–Kier alpha value is -2.78. The molecule has 0 unspecified atom stereocenters. The van der Waals surface area contributed by atoms with Gasteiger partial charge in [0.15, 0.2) is 13.2 Å². The third kappa shape index (κ3) is 4.44. The predicted octanol–water partition coefficient (Wildman–Crippen LogP) is 2.55. The topological polar surface area (TPSA) is 99.0 Å². The van der Waals surface area contributed by atoms with Crippen LogP contribution in [0.1, 0.15) is 5.56 Å². The van der Waals surface area contributed by atoms with Gasteiger partial charge in [-0.05, 0) is 41.3 Å². The average Bonchev–Trinajstić information content (AvgIpc) is 3.28. The Bertz CT molecular complexity index is 926. The molecule has 0 spiro atoms. The van der Waals surface area contributed by atoms with Gasteiger partial charge in [-0.15, -0.1) is 10.2 Å². The Morgan fingerprint density at radius 3 is 2.96 bits per heavy atom. The number of halogens is 1. The van der Waals surface area contributed by atoms with E-state index in [4.69, 9.17) is 16.3 Å². The second kappa shape index (κ2) is 8.07. The number of aromatic nitrogens is 4. The van der Waals surface area contributed by atoms with Gasteiger partial charge in [0.1, 0.15) is 0 Å². The predicted molar refractivity (Wildman–Crippen MR) is 96.9 cm³/mol. The molecule has 0 aliphatic carbocycles. The fourth-order valence-electron chi connectivity index (χ4n) is 2.05. The molecular formula is C16H14ClN5O3S. The molecule has 0 fully saturated rings. The largest absolute Gasteiger partial charge is 0.454 e. The number of rotatable bonds is 6. The Balaban J connectivity index is 1.49. The number of nitrogens with one attached hydrogen (secondary N) is 1. The minimum Gasteiger partial charge on any atom is -0.454 e. The number of ether oxygens (including phenoxy) is 1. The van der Waals surface area contributed by atoms with E-state index in [-0.39, 0.29) is 6.54 Å². The Morgan fingerprint density at radius 2 is 2.19 bits per heavy atom. The molecule has 134 valence electrons. The van der Waals surface area contributed by atoms with Crippen molar-refractivity contribution in [1.82, 2.24) is 20.2 Å². The molecule has 1 amide bonds. The van der Waals surface area contributed by atoms with Crippen LogP contribution in [0.5, 0.6) is 0 Å². The SMILES string of the molecule is Cc1c(Cl)cccc1NC(=O)COC(=O)Cn1nnc(-c2ccsc2)n1. The molecule has 3 aromatic rings. The summed E-state index contributed by atoms with van der Waals surface area (Å²) >= 11 is 7.51. The van der Waals surface area contributed by atoms with Gasteiger partial charge in [-0.25, -0.2) is 4.79 Å². The third-order valence-electron chi connectivity index (χ3n) is 3.41. The number of amides is 1. The molecule has 0 aliphatic rings. The normalized spacial score (nSPS) is 10.5. The highest BCUT2D eigenvalue weighted by molar-refractivity contribution is 7.08. The van der Waals surface area contributed by atoms with Crippen LogP contribution >= 0.6 is 22.9 Å². The number of nitrogens with zero attached hydrogens (tertiary/aromatic N) is 4. The Kier molecular flexibility index (Phi) is 5.59. The van der Waals surface area contributed by atoms with Crippen molar-refractivity contribution in [3.8, 4) is 11.4 Å². The van der Waals surface area contributed by atoms with Crippen molar-refractivity contribution in [3.63, 3.8) is 0 Å². The number of thiophene rings is 1. The lowest BCUT2D eigenvalue weighted by atomic mass is 10.2. The van der Waals surface area contributed by atoms with Crippen LogP contribution < -0.4 is 5.32 Å². The molecule has 0 bridgehead atoms. The van der Waals surface area contributed by atoms with Gasteiger partial charge in [-0.3, -0.25) is 4.79 Å². The number of anilines is 1. The summed E-state index contributed by atoms with van der Waals surface area (Å²) in [6, 6.07) is 7.01. The summed E-state index contributed by atoms with van der Waals surface area (Å²) in [5, 5.41) is 18.7. The first kappa shape index (κ1) is 18.0. The van der Waals surface area contributed by atoms with Crippen molar-refractivity contribution in [2.45, 2.75) is 13.5 Å². The fourth-order valence-corrected chi connectivity index (χ4v) is 2.86. The number of hydrogen-bond donors (Lipinski definition) is 1. The summed E-state index contributed by atoms with van der Waals surface area (Å²) in [4.78, 5) is 24.9. The minimum absolute atomic E-state index is 0.236. The zero-order valence-corrected chi connectivity index (χ0v) is 15.3. The van der Waals surface area contributed by atoms with E-state index < -0.39 is 18.5 Å². The van der Waals surface area contributed by atoms with Crippen LogP contribution in [0.15, 0.2) is 35.0 Å². The van der Waals surface area contributed by atoms with Gasteiger partial charge >= 0.3 is 5.97 Å². The van der Waals surface area contributed by atoms with Crippen LogP contribution in [0.2, 0.25) is 5.02 Å². The molecule has 10 heteroatoms. The van der Waals surface area contributed by atoms with Crippen molar-refractivity contribution in [2.75, 3.05) is 11.9 Å². The van der Waals surface area contributed by atoms with E-state index in [1.165, 1.54) is 11.3 Å². The van der Waals surface area contributed by atoms with E-state index in [2.05, 4.69) is 20.7 Å². The van der Waals surface area contributed by atoms with Crippen LogP contribution in [0.4, 0.5) is 5.69 Å². The maximum Gasteiger partial charge on any atom is 0.330 e. The monoisotopic (exact) mass is 391 g/mol. The van der Waals surface area contributed by atoms with Crippen LogP contribution in [0.3, 0.4) is 0 Å². The first-order chi connectivity index (χ1) is 12.5. The van der Waals surface area contributed by atoms with Crippen molar-refractivity contribution >= 4 is 40.5 Å². The van der Waals surface area contributed by atoms with Crippen LogP contribution in [0, 0.1) is 6.92 Å². The Morgan fingerprint density at radius 1 is 1.35 bits per heavy atom. The van der Waals surface area contributed by atoms with Crippen molar-refractivity contribution in [2.24, 2.45) is 0 Å². The first-order valence-corrected chi connectivity index (χ1v) is 8.86. The number of benzene rings is 1. The second-order valence-electron chi connectivity index (χ2n) is 5.28. The second-order valence-corrected chi connectivity index (χ2v) is 6.46. The summed E-state index contributed by atoms with van der Waals surface area (Å²) in [6.45, 7) is 1.13. The van der Waals surface area contributed by atoms with E-state index in [0.717, 1.165) is 15.9 Å². The molecule has 0 aliphatic heterocycles. The van der Waals surface area contributed by atoms with Gasteiger partial charge in [0.25, 0.3) is 5.91 Å². The van der Waals surface area contributed by atoms with Crippen molar-refractivity contribution in [3.05, 3.63) is 45.6 Å². The van der Waals surface area contributed by atoms with Crippen molar-refractivity contribution in [1.29, 1.82) is 0 Å². The van der Waals surface area contributed by atoms with Gasteiger partial charge in [-0.2, -0.15) is 16.1 Å². The lowest BCUT2D eigenvalue weighted by Gasteiger charge is -2.09. The first-order valence-electron chi connectivity index (χ1n) is 7.54. The summed E-state index contributed by atoms with van der Waals surface area (Å²) in [5.74, 6) is -0.681. The zero-order valence-electron chi connectivity index (χ0n) is 13.7. The van der Waals surface area contributed by atoms with E-state index in [1.54, 1.807) is 25.1 Å². The highest BCUT2D eigenvalue weighted by Gasteiger charge is 2.13. The summed E-state index contributed by atoms with van der Waals surface area (Å²) < 4.78 is 4.94. The van der Waals surface area contributed by atoms with Crippen LogP contribution in [-0.2, 0) is 20.9 Å². The number of hydrogen-bond acceptors (Lipinski definition) is 7. The molecule has 0 atom stereocenters. The van der Waals surface area contributed by atoms with Gasteiger partial charge in [0, 0.05) is 21.7 Å². The molecule has 2 aromatic heterocycles. The number of carbonyl (C=O) groups is 2.